The Bertz CT molecular complexity index is 609. The number of aromatic nitrogens is 2. The fraction of sp³-hybridized carbons (Fsp3) is 0.286. The summed E-state index contributed by atoms with van der Waals surface area (Å²) in [6.45, 7) is 0.745. The zero-order valence-corrected chi connectivity index (χ0v) is 10.8. The molecule has 2 aromatic rings. The summed E-state index contributed by atoms with van der Waals surface area (Å²) >= 11 is 0. The number of nitrogens with zero attached hydrogens (tertiary/aromatic N) is 3. The van der Waals surface area contributed by atoms with Gasteiger partial charge in [-0.15, -0.1) is 0 Å². The summed E-state index contributed by atoms with van der Waals surface area (Å²) in [5.41, 5.74) is 1.38. The molecule has 1 heterocycles. The van der Waals surface area contributed by atoms with Gasteiger partial charge in [-0.1, -0.05) is 30.3 Å². The highest BCUT2D eigenvalue weighted by atomic mass is 16.6. The molecule has 0 bridgehead atoms. The van der Waals surface area contributed by atoms with Crippen LogP contribution in [-0.4, -0.2) is 21.4 Å². The quantitative estimate of drug-likeness (QED) is 0.667. The normalized spacial score (nSPS) is 15.6. The molecule has 1 aliphatic rings. The van der Waals surface area contributed by atoms with Crippen molar-refractivity contribution in [3.8, 4) is 0 Å². The lowest BCUT2D eigenvalue weighted by Gasteiger charge is -2.16. The molecule has 0 spiro atoms. The molecule has 20 heavy (non-hydrogen) atoms. The number of hydrogen-bond acceptors (Lipinski definition) is 5. The fourth-order valence-electron chi connectivity index (χ4n) is 2.27. The third kappa shape index (κ3) is 2.45. The maximum Gasteiger partial charge on any atom is 0.305 e. The van der Waals surface area contributed by atoms with Crippen LogP contribution in [0.15, 0.2) is 42.7 Å². The first-order valence-corrected chi connectivity index (χ1v) is 6.45. The highest BCUT2D eigenvalue weighted by Crippen LogP contribution is 2.47. The summed E-state index contributed by atoms with van der Waals surface area (Å²) in [5.74, 6) is 0.429. The molecule has 0 radical (unpaired) electrons. The number of nitrogens with one attached hydrogen (secondary N) is 1. The summed E-state index contributed by atoms with van der Waals surface area (Å²) in [7, 11) is 0. The second-order valence-electron chi connectivity index (χ2n) is 5.02. The minimum atomic E-state index is -0.504. The number of nitro groups is 1. The van der Waals surface area contributed by atoms with Gasteiger partial charge in [0.2, 0.25) is 5.95 Å². The molecule has 1 fully saturated rings. The van der Waals surface area contributed by atoms with Gasteiger partial charge in [0, 0.05) is 12.0 Å². The van der Waals surface area contributed by atoms with E-state index >= 15 is 0 Å². The van der Waals surface area contributed by atoms with Crippen LogP contribution < -0.4 is 5.32 Å². The second-order valence-corrected chi connectivity index (χ2v) is 5.02. The third-order valence-electron chi connectivity index (χ3n) is 3.67. The van der Waals surface area contributed by atoms with Crippen molar-refractivity contribution in [2.45, 2.75) is 18.3 Å². The van der Waals surface area contributed by atoms with E-state index in [4.69, 9.17) is 0 Å². The molecule has 3 rings (SSSR count). The lowest BCUT2D eigenvalue weighted by molar-refractivity contribution is -0.385. The Hall–Kier alpha value is -2.50. The van der Waals surface area contributed by atoms with E-state index in [-0.39, 0.29) is 11.1 Å². The Morgan fingerprint density at radius 3 is 2.40 bits per heavy atom. The van der Waals surface area contributed by atoms with Crippen LogP contribution in [0.4, 0.5) is 11.6 Å². The van der Waals surface area contributed by atoms with Crippen LogP contribution >= 0.6 is 0 Å². The Balaban J connectivity index is 1.66. The van der Waals surface area contributed by atoms with Crippen LogP contribution in [0.5, 0.6) is 0 Å². The van der Waals surface area contributed by atoms with Gasteiger partial charge < -0.3 is 5.32 Å². The molecule has 1 N–H and O–H groups in total. The molecule has 1 aromatic heterocycles. The monoisotopic (exact) mass is 270 g/mol. The van der Waals surface area contributed by atoms with Crippen molar-refractivity contribution in [3.63, 3.8) is 0 Å². The zero-order valence-electron chi connectivity index (χ0n) is 10.8. The zero-order chi connectivity index (χ0) is 14.0. The summed E-state index contributed by atoms with van der Waals surface area (Å²) in [6, 6.07) is 10.3. The smallest absolute Gasteiger partial charge is 0.305 e. The van der Waals surface area contributed by atoms with Crippen molar-refractivity contribution in [2.24, 2.45) is 0 Å². The number of anilines is 1. The Kier molecular flexibility index (Phi) is 3.06. The molecular weight excluding hydrogens is 256 g/mol. The molecule has 6 heteroatoms. The molecule has 6 nitrogen and oxygen atoms in total. The van der Waals surface area contributed by atoms with E-state index in [0.717, 1.165) is 19.4 Å². The maximum absolute atomic E-state index is 10.5. The van der Waals surface area contributed by atoms with Crippen molar-refractivity contribution in [3.05, 3.63) is 58.4 Å². The van der Waals surface area contributed by atoms with Crippen molar-refractivity contribution < 1.29 is 4.92 Å². The SMILES string of the molecule is O=[N+]([O-])c1cnc(NCC2(c3ccccc3)CC2)nc1. The molecule has 0 aliphatic heterocycles. The van der Waals surface area contributed by atoms with E-state index in [0.29, 0.717) is 5.95 Å². The minimum absolute atomic E-state index is 0.0975. The Morgan fingerprint density at radius 1 is 1.20 bits per heavy atom. The van der Waals surface area contributed by atoms with Gasteiger partial charge >= 0.3 is 5.69 Å². The topological polar surface area (TPSA) is 81.0 Å². The van der Waals surface area contributed by atoms with E-state index in [1.807, 2.05) is 18.2 Å². The first-order valence-electron chi connectivity index (χ1n) is 6.45. The molecule has 1 saturated carbocycles. The second kappa shape index (κ2) is 4.88. The van der Waals surface area contributed by atoms with Gasteiger partial charge in [0.25, 0.3) is 0 Å². The van der Waals surface area contributed by atoms with E-state index < -0.39 is 4.92 Å². The summed E-state index contributed by atoms with van der Waals surface area (Å²) in [5, 5.41) is 13.7. The van der Waals surface area contributed by atoms with Crippen LogP contribution in [0.25, 0.3) is 0 Å². The first kappa shape index (κ1) is 12.5. The van der Waals surface area contributed by atoms with Gasteiger partial charge in [0.05, 0.1) is 4.92 Å². The van der Waals surface area contributed by atoms with Crippen molar-refractivity contribution >= 4 is 11.6 Å². The first-order chi connectivity index (χ1) is 9.70. The molecule has 102 valence electrons. The van der Waals surface area contributed by atoms with Crippen LogP contribution in [-0.2, 0) is 5.41 Å². The van der Waals surface area contributed by atoms with Crippen LogP contribution in [0.3, 0.4) is 0 Å². The van der Waals surface area contributed by atoms with E-state index in [2.05, 4.69) is 27.4 Å². The summed E-state index contributed by atoms with van der Waals surface area (Å²) in [4.78, 5) is 17.9. The van der Waals surface area contributed by atoms with Crippen LogP contribution in [0, 0.1) is 10.1 Å². The molecule has 0 unspecified atom stereocenters. The molecule has 1 aliphatic carbocycles. The number of rotatable bonds is 5. The summed E-state index contributed by atoms with van der Waals surface area (Å²) < 4.78 is 0. The molecule has 0 saturated heterocycles. The van der Waals surface area contributed by atoms with E-state index in [1.165, 1.54) is 18.0 Å². The van der Waals surface area contributed by atoms with Gasteiger partial charge in [-0.2, -0.15) is 0 Å². The Labute approximate surface area is 116 Å². The number of hydrogen-bond donors (Lipinski definition) is 1. The average molecular weight is 270 g/mol. The highest BCUT2D eigenvalue weighted by molar-refractivity contribution is 5.37. The van der Waals surface area contributed by atoms with Crippen LogP contribution in [0.2, 0.25) is 0 Å². The highest BCUT2D eigenvalue weighted by Gasteiger charge is 2.43. The van der Waals surface area contributed by atoms with E-state index in [1.54, 1.807) is 0 Å². The van der Waals surface area contributed by atoms with Crippen molar-refractivity contribution in [2.75, 3.05) is 11.9 Å². The molecular formula is C14H14N4O2. The average Bonchev–Trinajstić information content (AvgIpc) is 3.28. The minimum Gasteiger partial charge on any atom is -0.353 e. The standard InChI is InChI=1S/C14H14N4O2/c19-18(20)12-8-15-13(16-9-12)17-10-14(6-7-14)11-4-2-1-3-5-11/h1-5,8-9H,6-7,10H2,(H,15,16,17). The van der Waals surface area contributed by atoms with Crippen molar-refractivity contribution in [1.29, 1.82) is 0 Å². The molecule has 1 aromatic carbocycles. The molecule has 0 amide bonds. The van der Waals surface area contributed by atoms with E-state index in [9.17, 15) is 10.1 Å². The summed E-state index contributed by atoms with van der Waals surface area (Å²) in [6.07, 6.45) is 4.71. The Morgan fingerprint density at radius 2 is 1.85 bits per heavy atom. The lowest BCUT2D eigenvalue weighted by Crippen LogP contribution is -2.20. The van der Waals surface area contributed by atoms with Gasteiger partial charge in [-0.3, -0.25) is 10.1 Å². The van der Waals surface area contributed by atoms with Crippen molar-refractivity contribution in [1.82, 2.24) is 9.97 Å². The van der Waals surface area contributed by atoms with Gasteiger partial charge in [-0.25, -0.2) is 9.97 Å². The predicted molar refractivity (Wildman–Crippen MR) is 74.5 cm³/mol. The fourth-order valence-corrected chi connectivity index (χ4v) is 2.27. The largest absolute Gasteiger partial charge is 0.353 e. The lowest BCUT2D eigenvalue weighted by atomic mass is 9.96. The van der Waals surface area contributed by atoms with Gasteiger partial charge in [0.15, 0.2) is 0 Å². The van der Waals surface area contributed by atoms with Gasteiger partial charge in [-0.05, 0) is 18.4 Å². The maximum atomic E-state index is 10.5. The molecule has 0 atom stereocenters. The van der Waals surface area contributed by atoms with Crippen LogP contribution in [0.1, 0.15) is 18.4 Å². The van der Waals surface area contributed by atoms with Gasteiger partial charge in [0.1, 0.15) is 12.4 Å². The predicted octanol–water partition coefficient (Wildman–Crippen LogP) is 2.53. The third-order valence-corrected chi connectivity index (χ3v) is 3.67. The number of benzene rings is 1.